The van der Waals surface area contributed by atoms with Gasteiger partial charge in [0.05, 0.1) is 11.6 Å². The highest BCUT2D eigenvalue weighted by Gasteiger charge is 2.08. The molecular weight excluding hydrogens is 281 g/mol. The lowest BCUT2D eigenvalue weighted by Gasteiger charge is -2.09. The highest BCUT2D eigenvalue weighted by atomic mass is 35.5. The SMILES string of the molecule is CCc1cc(NCCO)nc(-c2ccc(F)c(Cl)c2)n1. The van der Waals surface area contributed by atoms with Gasteiger partial charge in [-0.05, 0) is 24.6 Å². The number of benzene rings is 1. The molecule has 0 unspecified atom stereocenters. The van der Waals surface area contributed by atoms with Crippen LogP contribution in [0.3, 0.4) is 0 Å². The first kappa shape index (κ1) is 14.7. The van der Waals surface area contributed by atoms with E-state index in [9.17, 15) is 4.39 Å². The quantitative estimate of drug-likeness (QED) is 0.890. The van der Waals surface area contributed by atoms with Crippen molar-refractivity contribution in [1.82, 2.24) is 9.97 Å². The van der Waals surface area contributed by atoms with E-state index in [1.807, 2.05) is 13.0 Å². The van der Waals surface area contributed by atoms with Gasteiger partial charge in [-0.2, -0.15) is 0 Å². The number of hydrogen-bond acceptors (Lipinski definition) is 4. The summed E-state index contributed by atoms with van der Waals surface area (Å²) in [5.41, 5.74) is 1.51. The van der Waals surface area contributed by atoms with Gasteiger partial charge in [-0.15, -0.1) is 0 Å². The molecule has 1 aromatic heterocycles. The molecular formula is C14H15ClFN3O. The number of hydrogen-bond donors (Lipinski definition) is 2. The summed E-state index contributed by atoms with van der Waals surface area (Å²) in [6.07, 6.45) is 0.748. The highest BCUT2D eigenvalue weighted by molar-refractivity contribution is 6.31. The van der Waals surface area contributed by atoms with Crippen molar-refractivity contribution in [2.24, 2.45) is 0 Å². The van der Waals surface area contributed by atoms with E-state index < -0.39 is 5.82 Å². The Morgan fingerprint density at radius 1 is 1.30 bits per heavy atom. The number of halogens is 2. The average molecular weight is 296 g/mol. The number of aromatic nitrogens is 2. The van der Waals surface area contributed by atoms with Crippen LogP contribution in [0, 0.1) is 5.82 Å². The van der Waals surface area contributed by atoms with Gasteiger partial charge in [0, 0.05) is 23.9 Å². The Morgan fingerprint density at radius 3 is 2.75 bits per heavy atom. The van der Waals surface area contributed by atoms with Crippen LogP contribution in [-0.4, -0.2) is 28.2 Å². The highest BCUT2D eigenvalue weighted by Crippen LogP contribution is 2.23. The maximum absolute atomic E-state index is 13.2. The first-order valence-corrected chi connectivity index (χ1v) is 6.70. The summed E-state index contributed by atoms with van der Waals surface area (Å²) in [4.78, 5) is 8.75. The molecule has 0 aliphatic heterocycles. The lowest BCUT2D eigenvalue weighted by molar-refractivity contribution is 0.311. The van der Waals surface area contributed by atoms with Crippen LogP contribution >= 0.6 is 11.6 Å². The molecule has 2 aromatic rings. The van der Waals surface area contributed by atoms with Gasteiger partial charge in [0.15, 0.2) is 5.82 Å². The maximum Gasteiger partial charge on any atom is 0.161 e. The van der Waals surface area contributed by atoms with Crippen LogP contribution < -0.4 is 5.32 Å². The lowest BCUT2D eigenvalue weighted by atomic mass is 10.2. The van der Waals surface area contributed by atoms with Crippen molar-refractivity contribution in [3.63, 3.8) is 0 Å². The van der Waals surface area contributed by atoms with Crippen molar-refractivity contribution >= 4 is 17.4 Å². The Labute approximate surface area is 121 Å². The van der Waals surface area contributed by atoms with E-state index in [2.05, 4.69) is 15.3 Å². The molecule has 2 N–H and O–H groups in total. The molecule has 1 aromatic carbocycles. The molecule has 0 atom stereocenters. The summed E-state index contributed by atoms with van der Waals surface area (Å²) in [6, 6.07) is 6.21. The van der Waals surface area contributed by atoms with Gasteiger partial charge < -0.3 is 10.4 Å². The molecule has 2 rings (SSSR count). The zero-order valence-corrected chi connectivity index (χ0v) is 11.8. The molecule has 4 nitrogen and oxygen atoms in total. The number of rotatable bonds is 5. The third-order valence-corrected chi connectivity index (χ3v) is 3.03. The number of aliphatic hydroxyl groups is 1. The van der Waals surface area contributed by atoms with Crippen molar-refractivity contribution < 1.29 is 9.50 Å². The fourth-order valence-corrected chi connectivity index (χ4v) is 1.90. The first-order chi connectivity index (χ1) is 9.63. The van der Waals surface area contributed by atoms with Crippen molar-refractivity contribution in [3.8, 4) is 11.4 Å². The van der Waals surface area contributed by atoms with Crippen molar-refractivity contribution in [1.29, 1.82) is 0 Å². The van der Waals surface area contributed by atoms with E-state index in [-0.39, 0.29) is 11.6 Å². The molecule has 6 heteroatoms. The summed E-state index contributed by atoms with van der Waals surface area (Å²) in [6.45, 7) is 2.41. The monoisotopic (exact) mass is 295 g/mol. The minimum atomic E-state index is -0.472. The predicted octanol–water partition coefficient (Wildman–Crippen LogP) is 2.90. The van der Waals surface area contributed by atoms with Gasteiger partial charge in [0.2, 0.25) is 0 Å². The van der Waals surface area contributed by atoms with Gasteiger partial charge in [-0.3, -0.25) is 0 Å². The Morgan fingerprint density at radius 2 is 2.10 bits per heavy atom. The van der Waals surface area contributed by atoms with Crippen molar-refractivity contribution in [3.05, 3.63) is 40.8 Å². The molecule has 20 heavy (non-hydrogen) atoms. The van der Waals surface area contributed by atoms with E-state index >= 15 is 0 Å². The van der Waals surface area contributed by atoms with Crippen LogP contribution in [0.25, 0.3) is 11.4 Å². The van der Waals surface area contributed by atoms with Crippen LogP contribution in [0.15, 0.2) is 24.3 Å². The van der Waals surface area contributed by atoms with Crippen LogP contribution in [0.4, 0.5) is 10.2 Å². The van der Waals surface area contributed by atoms with E-state index in [0.717, 1.165) is 12.1 Å². The zero-order valence-electron chi connectivity index (χ0n) is 11.0. The van der Waals surface area contributed by atoms with Gasteiger partial charge in [-0.1, -0.05) is 18.5 Å². The van der Waals surface area contributed by atoms with Crippen LogP contribution in [0.1, 0.15) is 12.6 Å². The Balaban J connectivity index is 2.41. The number of nitrogens with one attached hydrogen (secondary N) is 1. The third-order valence-electron chi connectivity index (χ3n) is 2.74. The van der Waals surface area contributed by atoms with E-state index in [0.29, 0.717) is 23.8 Å². The second kappa shape index (κ2) is 6.63. The standard InChI is InChI=1S/C14H15ClFN3O/c1-2-10-8-13(17-5-6-20)19-14(18-10)9-3-4-12(16)11(15)7-9/h3-4,7-8,20H,2,5-6H2,1H3,(H,17,18,19). The van der Waals surface area contributed by atoms with E-state index in [4.69, 9.17) is 16.7 Å². The molecule has 106 valence electrons. The normalized spacial score (nSPS) is 10.6. The van der Waals surface area contributed by atoms with Gasteiger partial charge in [0.1, 0.15) is 11.6 Å². The summed E-state index contributed by atoms with van der Waals surface area (Å²) in [5.74, 6) is 0.633. The van der Waals surface area contributed by atoms with Gasteiger partial charge in [0.25, 0.3) is 0 Å². The van der Waals surface area contributed by atoms with Gasteiger partial charge in [-0.25, -0.2) is 14.4 Å². The number of anilines is 1. The largest absolute Gasteiger partial charge is 0.395 e. The minimum absolute atomic E-state index is 0.0170. The summed E-state index contributed by atoms with van der Waals surface area (Å²) in [5, 5.41) is 11.9. The zero-order chi connectivity index (χ0) is 14.5. The summed E-state index contributed by atoms with van der Waals surface area (Å²) >= 11 is 5.78. The molecule has 0 spiro atoms. The molecule has 0 amide bonds. The predicted molar refractivity (Wildman–Crippen MR) is 77.4 cm³/mol. The second-order valence-corrected chi connectivity index (χ2v) is 4.61. The van der Waals surface area contributed by atoms with Gasteiger partial charge >= 0.3 is 0 Å². The Kier molecular flexibility index (Phi) is 4.87. The average Bonchev–Trinajstić information content (AvgIpc) is 2.47. The fourth-order valence-electron chi connectivity index (χ4n) is 1.72. The van der Waals surface area contributed by atoms with E-state index in [1.54, 1.807) is 6.07 Å². The minimum Gasteiger partial charge on any atom is -0.395 e. The number of aliphatic hydroxyl groups excluding tert-OH is 1. The summed E-state index contributed by atoms with van der Waals surface area (Å²) < 4.78 is 13.2. The Bertz CT molecular complexity index is 607. The molecule has 0 aliphatic carbocycles. The Hall–Kier alpha value is -1.72. The number of aryl methyl sites for hydroxylation is 1. The number of nitrogens with zero attached hydrogens (tertiary/aromatic N) is 2. The molecule has 0 saturated heterocycles. The smallest absolute Gasteiger partial charge is 0.161 e. The topological polar surface area (TPSA) is 58.0 Å². The van der Waals surface area contributed by atoms with Crippen molar-refractivity contribution in [2.75, 3.05) is 18.5 Å². The molecule has 0 saturated carbocycles. The maximum atomic E-state index is 13.2. The lowest BCUT2D eigenvalue weighted by Crippen LogP contribution is -2.08. The van der Waals surface area contributed by atoms with E-state index in [1.165, 1.54) is 12.1 Å². The molecule has 0 radical (unpaired) electrons. The molecule has 0 aliphatic rings. The first-order valence-electron chi connectivity index (χ1n) is 6.32. The van der Waals surface area contributed by atoms with Crippen molar-refractivity contribution in [2.45, 2.75) is 13.3 Å². The van der Waals surface area contributed by atoms with Crippen LogP contribution in [0.2, 0.25) is 5.02 Å². The molecule has 1 heterocycles. The summed E-state index contributed by atoms with van der Waals surface area (Å²) in [7, 11) is 0. The van der Waals surface area contributed by atoms with Crippen LogP contribution in [-0.2, 0) is 6.42 Å². The fraction of sp³-hybridized carbons (Fsp3) is 0.286. The molecule has 0 fully saturated rings. The third kappa shape index (κ3) is 3.43. The molecule has 0 bridgehead atoms. The van der Waals surface area contributed by atoms with Crippen LogP contribution in [0.5, 0.6) is 0 Å². The second-order valence-electron chi connectivity index (χ2n) is 4.20.